The molecule has 45 heteroatoms. The van der Waals surface area contributed by atoms with Crippen molar-refractivity contribution >= 4 is 140 Å². The molecule has 4 fully saturated rings. The largest absolute Gasteiger partial charge is 0.474 e. The molecule has 4 aliphatic heterocycles. The van der Waals surface area contributed by atoms with Crippen molar-refractivity contribution in [3.05, 3.63) is 233 Å². The number of hydrogen-bond acceptors (Lipinski definition) is 17. The summed E-state index contributed by atoms with van der Waals surface area (Å²) in [5.74, 6) is -10.4. The number of benzene rings is 4. The first-order chi connectivity index (χ1) is 60.3. The summed E-state index contributed by atoms with van der Waals surface area (Å²) in [5.41, 5.74) is 19.6. The monoisotopic (exact) mass is 1890 g/mol. The molecular weight excluding hydrogens is 1810 g/mol. The third kappa shape index (κ3) is 28.4. The number of carboxylic acid groups (broad SMARTS) is 1. The number of nitrogens with one attached hydrogen (secondary N) is 5. The number of likely N-dealkylation sites (tertiary alicyclic amines) is 3. The van der Waals surface area contributed by atoms with Crippen molar-refractivity contribution in [2.45, 2.75) is 128 Å². The first-order valence-corrected chi connectivity index (χ1v) is 40.4. The standard InChI is InChI=1S/3C21H20ClF3N4O3.C13H15ClF3N.C8H7N3O4/c3*1-11-2-5-17(12-3-4-15(16(22)7-12)21(23,24)25)29(10-11)20(32)19(31)28-14-6-13(18(26)30)8-27-9-14;1-8-2-5-12(18-7-8)9-3-4-10(11(14)6-9)13(15,16)17;9-6(12)4-1-5(3-10-2-4)11-7(13)8(14)15/h3*3-4,6-9,11,17H,2,5,10H2,1H3,(H2,26,30)(H,28,31);3-4,6,8,12,18H,2,5,7H2,1H3;1-3H,(H2,9,12)(H,11,13)(H,14,15)/t2*11-,17+;;;/m10.../s1. The number of alkyl halides is 12. The molecule has 14 N–H and O–H groups in total. The number of nitrogens with two attached hydrogens (primary N) is 4. The number of rotatable bonds is 12. The highest BCUT2D eigenvalue weighted by molar-refractivity contribution is 6.41. The minimum atomic E-state index is -4.60. The molecule has 4 saturated heterocycles. The van der Waals surface area contributed by atoms with E-state index in [1.54, 1.807) is 0 Å². The molecule has 29 nitrogen and oxygen atoms in total. The zero-order valence-electron chi connectivity index (χ0n) is 68.3. The number of anilines is 4. The summed E-state index contributed by atoms with van der Waals surface area (Å²) in [4.78, 5) is 161. The van der Waals surface area contributed by atoms with Crippen molar-refractivity contribution in [2.75, 3.05) is 47.4 Å². The SMILES string of the molecule is CC1CCC(c2ccc(C(F)(F)F)c(Cl)c2)N(C(=O)C(=O)Nc2cncc(C(N)=O)c2)C1.CC1CCC(c2ccc(C(F)(F)F)c(Cl)c2)NC1.C[C@@H]1CC[C@@H](c2ccc(C(F)(F)F)c(Cl)c2)N(C(=O)C(=O)Nc2cncc(C(N)=O)c2)C1.C[C@H]1CC[C@H](c2ccc(C(F)(F)F)c(Cl)c2)N(C(=O)C(=O)Nc2cncc(C(N)=O)c2)C1.NC(=O)c1cncc(NC(=O)C(=O)O)c1. The molecule has 0 bridgehead atoms. The summed E-state index contributed by atoms with van der Waals surface area (Å²) in [7, 11) is 0. The average Bonchev–Trinajstić information content (AvgIpc) is 0.759. The number of pyridine rings is 4. The normalized spacial score (nSPS) is 18.6. The van der Waals surface area contributed by atoms with Gasteiger partial charge in [0.25, 0.3) is 0 Å². The highest BCUT2D eigenvalue weighted by atomic mass is 35.5. The highest BCUT2D eigenvalue weighted by Gasteiger charge is 2.42. The van der Waals surface area contributed by atoms with Crippen LogP contribution in [0.4, 0.5) is 75.4 Å². The maximum atomic E-state index is 13.0. The van der Waals surface area contributed by atoms with Gasteiger partial charge in [-0.25, -0.2) is 4.79 Å². The number of primary amides is 4. The van der Waals surface area contributed by atoms with Crippen LogP contribution < -0.4 is 49.5 Å². The second-order valence-corrected chi connectivity index (χ2v) is 32.1. The summed E-state index contributed by atoms with van der Waals surface area (Å²) in [6.07, 6.45) is -2.80. The molecule has 688 valence electrons. The number of nitrogens with zero attached hydrogens (tertiary/aromatic N) is 7. The Morgan fingerprint density at radius 2 is 0.589 bits per heavy atom. The molecule has 4 aromatic carbocycles. The van der Waals surface area contributed by atoms with E-state index in [-0.39, 0.29) is 93.5 Å². The smallest absolute Gasteiger partial charge is 0.417 e. The third-order valence-electron chi connectivity index (χ3n) is 20.5. The minimum Gasteiger partial charge on any atom is -0.474 e. The number of amides is 11. The molecule has 8 aromatic rings. The number of halogens is 16. The van der Waals surface area contributed by atoms with Crippen LogP contribution in [0.2, 0.25) is 20.1 Å². The van der Waals surface area contributed by atoms with Gasteiger partial charge in [-0.2, -0.15) is 52.7 Å². The Morgan fingerprint density at radius 1 is 0.349 bits per heavy atom. The van der Waals surface area contributed by atoms with Gasteiger partial charge < -0.3 is 69.3 Å². The fourth-order valence-electron chi connectivity index (χ4n) is 14.0. The number of aromatic nitrogens is 4. The van der Waals surface area contributed by atoms with Crippen molar-refractivity contribution in [3.8, 4) is 0 Å². The van der Waals surface area contributed by atoms with E-state index in [0.29, 0.717) is 41.9 Å². The second kappa shape index (κ2) is 43.9. The molecule has 8 heterocycles. The lowest BCUT2D eigenvalue weighted by molar-refractivity contribution is -0.147. The molecule has 4 unspecified atom stereocenters. The number of carbonyl (C=O) groups is 12. The van der Waals surface area contributed by atoms with E-state index < -0.39 is 151 Å². The fourth-order valence-corrected chi connectivity index (χ4v) is 15.2. The van der Waals surface area contributed by atoms with Gasteiger partial charge in [0.2, 0.25) is 23.6 Å². The van der Waals surface area contributed by atoms with Crippen molar-refractivity contribution < 1.29 is 115 Å². The summed E-state index contributed by atoms with van der Waals surface area (Å²) in [6, 6.07) is 17.4. The molecular formula is C84H82Cl4F12N16O13. The highest BCUT2D eigenvalue weighted by Crippen LogP contribution is 2.45. The second-order valence-electron chi connectivity index (χ2n) is 30.5. The van der Waals surface area contributed by atoms with Gasteiger partial charge in [0.05, 0.1) is 130 Å². The van der Waals surface area contributed by atoms with Crippen molar-refractivity contribution in [2.24, 2.45) is 46.6 Å². The first kappa shape index (κ1) is 102. The molecule has 4 aromatic heterocycles. The zero-order valence-corrected chi connectivity index (χ0v) is 71.3. The predicted molar refractivity (Wildman–Crippen MR) is 447 cm³/mol. The quantitative estimate of drug-likeness (QED) is 0.0401. The molecule has 12 rings (SSSR count). The maximum absolute atomic E-state index is 13.0. The van der Waals surface area contributed by atoms with Crippen LogP contribution in [0.15, 0.2) is 147 Å². The Balaban J connectivity index is 0.000000205. The Morgan fingerprint density at radius 3 is 0.814 bits per heavy atom. The number of piperidine rings is 4. The van der Waals surface area contributed by atoms with E-state index in [0.717, 1.165) is 68.5 Å². The van der Waals surface area contributed by atoms with Gasteiger partial charge in [-0.05, 0) is 177 Å². The Labute approximate surface area is 747 Å². The van der Waals surface area contributed by atoms with Crippen LogP contribution in [0.3, 0.4) is 0 Å². The molecule has 129 heavy (non-hydrogen) atoms. The topological polar surface area (TPSA) is 451 Å². The van der Waals surface area contributed by atoms with Gasteiger partial charge in [0, 0.05) is 50.5 Å². The van der Waals surface area contributed by atoms with Gasteiger partial charge in [-0.1, -0.05) is 98.4 Å². The Kier molecular flexibility index (Phi) is 34.7. The van der Waals surface area contributed by atoms with Crippen LogP contribution in [0.1, 0.15) is 189 Å². The van der Waals surface area contributed by atoms with Crippen LogP contribution >= 0.6 is 46.4 Å². The van der Waals surface area contributed by atoms with E-state index in [1.165, 1.54) is 137 Å². The molecule has 11 amide bonds. The predicted octanol–water partition coefficient (Wildman–Crippen LogP) is 15.0. The zero-order chi connectivity index (χ0) is 95.6. The number of carbonyl (C=O) groups excluding carboxylic acids is 11. The molecule has 0 aliphatic carbocycles. The summed E-state index contributed by atoms with van der Waals surface area (Å²) < 4.78 is 155. The molecule has 4 aliphatic rings. The molecule has 0 saturated carbocycles. The van der Waals surface area contributed by atoms with Gasteiger partial charge in [-0.3, -0.25) is 72.7 Å². The van der Waals surface area contributed by atoms with E-state index in [2.05, 4.69) is 48.1 Å². The minimum absolute atomic E-state index is 0.0547. The summed E-state index contributed by atoms with van der Waals surface area (Å²) in [5, 5.41) is 19.2. The molecule has 0 radical (unpaired) electrons. The fraction of sp³-hybridized carbons (Fsp3) is 0.333. The van der Waals surface area contributed by atoms with Gasteiger partial charge in [0.1, 0.15) is 0 Å². The van der Waals surface area contributed by atoms with Crippen LogP contribution in [0.25, 0.3) is 0 Å². The summed E-state index contributed by atoms with van der Waals surface area (Å²) in [6.45, 7) is 9.52. The maximum Gasteiger partial charge on any atom is 0.417 e. The Hall–Kier alpha value is -12.6. The Bertz CT molecular complexity index is 5140. The lowest BCUT2D eigenvalue weighted by Gasteiger charge is -2.38. The third-order valence-corrected chi connectivity index (χ3v) is 21.8. The van der Waals surface area contributed by atoms with Gasteiger partial charge in [-0.15, -0.1) is 0 Å². The van der Waals surface area contributed by atoms with Gasteiger partial charge in [0.15, 0.2) is 0 Å². The number of aliphatic carboxylic acids is 1. The van der Waals surface area contributed by atoms with E-state index in [1.807, 2.05) is 26.1 Å². The summed E-state index contributed by atoms with van der Waals surface area (Å²) >= 11 is 23.3. The lowest BCUT2D eigenvalue weighted by atomic mass is 9.89. The van der Waals surface area contributed by atoms with E-state index >= 15 is 0 Å². The van der Waals surface area contributed by atoms with Crippen LogP contribution in [0.5, 0.6) is 0 Å². The molecule has 0 spiro atoms. The van der Waals surface area contributed by atoms with Crippen molar-refractivity contribution in [1.82, 2.24) is 40.0 Å². The number of hydrogen-bond donors (Lipinski definition) is 10. The van der Waals surface area contributed by atoms with Gasteiger partial charge >= 0.3 is 72.0 Å². The molecule has 8 atom stereocenters. The van der Waals surface area contributed by atoms with Crippen LogP contribution in [0, 0.1) is 23.7 Å². The lowest BCUT2D eigenvalue weighted by Crippen LogP contribution is -2.46. The van der Waals surface area contributed by atoms with Crippen molar-refractivity contribution in [1.29, 1.82) is 0 Å². The number of carboxylic acids is 1. The van der Waals surface area contributed by atoms with Crippen LogP contribution in [-0.4, -0.2) is 137 Å². The van der Waals surface area contributed by atoms with E-state index in [4.69, 9.17) is 74.4 Å². The van der Waals surface area contributed by atoms with Crippen LogP contribution in [-0.2, 0) is 63.1 Å². The first-order valence-electron chi connectivity index (χ1n) is 38.9. The van der Waals surface area contributed by atoms with E-state index in [9.17, 15) is 110 Å². The van der Waals surface area contributed by atoms with Crippen molar-refractivity contribution in [3.63, 3.8) is 0 Å². The average molecular weight is 1890 g/mol.